The minimum atomic E-state index is 0.0131. The van der Waals surface area contributed by atoms with Crippen LogP contribution in [0.5, 0.6) is 0 Å². The van der Waals surface area contributed by atoms with Gasteiger partial charge in [-0.25, -0.2) is 4.99 Å². The Hall–Kier alpha value is -2.08. The maximum absolute atomic E-state index is 11.9. The summed E-state index contributed by atoms with van der Waals surface area (Å²) >= 11 is 0. The van der Waals surface area contributed by atoms with Gasteiger partial charge in [-0.15, -0.1) is 0 Å². The molecule has 1 aliphatic heterocycles. The quantitative estimate of drug-likeness (QED) is 0.585. The zero-order valence-electron chi connectivity index (χ0n) is 15.5. The zero-order chi connectivity index (χ0) is 18.1. The molecule has 0 aromatic heterocycles. The number of carbonyl (C=O) groups excluding carboxylic acids is 1. The number of benzene rings is 1. The van der Waals surface area contributed by atoms with E-state index in [1.54, 1.807) is 19.0 Å². The average Bonchev–Trinajstić information content (AvgIpc) is 3.13. The van der Waals surface area contributed by atoms with Crippen LogP contribution in [0.2, 0.25) is 0 Å². The maximum atomic E-state index is 11.9. The van der Waals surface area contributed by atoms with Gasteiger partial charge in [0.2, 0.25) is 0 Å². The number of hydrogen-bond donors (Lipinski definition) is 2. The van der Waals surface area contributed by atoms with Gasteiger partial charge in [-0.1, -0.05) is 12.1 Å². The molecule has 0 radical (unpaired) electrons. The molecule has 1 atom stereocenters. The number of nitrogens with zero attached hydrogens (tertiary/aromatic N) is 2. The molecule has 138 valence electrons. The Bertz CT molecular complexity index is 563. The van der Waals surface area contributed by atoms with Crippen LogP contribution in [0.25, 0.3) is 0 Å². The number of amides is 1. The minimum absolute atomic E-state index is 0.0131. The summed E-state index contributed by atoms with van der Waals surface area (Å²) in [5, 5.41) is 6.62. The lowest BCUT2D eigenvalue weighted by molar-refractivity contribution is 0.0827. The van der Waals surface area contributed by atoms with Crippen molar-refractivity contribution >= 4 is 11.9 Å². The first-order valence-electron chi connectivity index (χ1n) is 9.04. The molecule has 6 heteroatoms. The molecule has 1 aromatic rings. The molecule has 0 bridgehead atoms. The van der Waals surface area contributed by atoms with Gasteiger partial charge in [0.25, 0.3) is 5.91 Å². The average molecular weight is 346 g/mol. The van der Waals surface area contributed by atoms with E-state index in [-0.39, 0.29) is 5.91 Å². The van der Waals surface area contributed by atoms with Gasteiger partial charge in [-0.05, 0) is 43.9 Å². The van der Waals surface area contributed by atoms with Crippen molar-refractivity contribution in [1.82, 2.24) is 15.5 Å². The summed E-state index contributed by atoms with van der Waals surface area (Å²) in [6.07, 6.45) is 3.72. The van der Waals surface area contributed by atoms with Crippen molar-refractivity contribution in [2.24, 2.45) is 4.99 Å². The summed E-state index contributed by atoms with van der Waals surface area (Å²) in [6.45, 7) is 5.20. The van der Waals surface area contributed by atoms with Gasteiger partial charge in [0.1, 0.15) is 0 Å². The Balaban J connectivity index is 1.85. The summed E-state index contributed by atoms with van der Waals surface area (Å²) in [7, 11) is 3.51. The summed E-state index contributed by atoms with van der Waals surface area (Å²) in [6, 6.07) is 7.61. The number of nitrogens with one attached hydrogen (secondary N) is 2. The topological polar surface area (TPSA) is 66.0 Å². The van der Waals surface area contributed by atoms with Crippen molar-refractivity contribution in [2.45, 2.75) is 38.8 Å². The molecule has 1 saturated heterocycles. The van der Waals surface area contributed by atoms with Crippen LogP contribution in [0.4, 0.5) is 0 Å². The predicted octanol–water partition coefficient (Wildman–Crippen LogP) is 2.01. The number of guanidine groups is 1. The summed E-state index contributed by atoms with van der Waals surface area (Å²) in [5.74, 6) is 0.827. The molecule has 0 saturated carbocycles. The molecule has 25 heavy (non-hydrogen) atoms. The van der Waals surface area contributed by atoms with E-state index in [0.29, 0.717) is 18.2 Å². The van der Waals surface area contributed by atoms with Crippen LogP contribution in [0.15, 0.2) is 29.3 Å². The molecule has 1 heterocycles. The Morgan fingerprint density at radius 2 is 2.04 bits per heavy atom. The highest BCUT2D eigenvalue weighted by molar-refractivity contribution is 5.93. The smallest absolute Gasteiger partial charge is 0.253 e. The standard InChI is InChI=1S/C19H30N4O2/c1-4-20-19(21-12-11-17-6-5-13-25-17)22-14-15-7-9-16(10-8-15)18(24)23(2)3/h7-10,17H,4-6,11-14H2,1-3H3,(H2,20,21,22). The van der Waals surface area contributed by atoms with Crippen LogP contribution in [0.3, 0.4) is 0 Å². The zero-order valence-corrected chi connectivity index (χ0v) is 15.5. The first kappa shape index (κ1) is 19.2. The molecule has 1 unspecified atom stereocenters. The third-order valence-electron chi connectivity index (χ3n) is 4.15. The van der Waals surface area contributed by atoms with Crippen LogP contribution in [0, 0.1) is 0 Å². The molecule has 2 rings (SSSR count). The second-order valence-corrected chi connectivity index (χ2v) is 6.44. The van der Waals surface area contributed by atoms with E-state index in [1.807, 2.05) is 24.3 Å². The lowest BCUT2D eigenvalue weighted by atomic mass is 10.1. The van der Waals surface area contributed by atoms with Gasteiger partial charge in [-0.2, -0.15) is 0 Å². The largest absolute Gasteiger partial charge is 0.378 e. The monoisotopic (exact) mass is 346 g/mol. The van der Waals surface area contributed by atoms with Crippen molar-refractivity contribution in [3.63, 3.8) is 0 Å². The molecule has 1 aliphatic rings. The Morgan fingerprint density at radius 1 is 1.28 bits per heavy atom. The van der Waals surface area contributed by atoms with Crippen molar-refractivity contribution in [3.05, 3.63) is 35.4 Å². The molecular formula is C19H30N4O2. The fourth-order valence-corrected chi connectivity index (χ4v) is 2.75. The minimum Gasteiger partial charge on any atom is -0.378 e. The Labute approximate surface area is 150 Å². The first-order valence-corrected chi connectivity index (χ1v) is 9.04. The normalized spacial score (nSPS) is 17.4. The highest BCUT2D eigenvalue weighted by Crippen LogP contribution is 2.14. The fraction of sp³-hybridized carbons (Fsp3) is 0.579. The number of hydrogen-bond acceptors (Lipinski definition) is 3. The predicted molar refractivity (Wildman–Crippen MR) is 101 cm³/mol. The van der Waals surface area contributed by atoms with E-state index < -0.39 is 0 Å². The second kappa shape index (κ2) is 10.0. The third kappa shape index (κ3) is 6.38. The molecule has 1 fully saturated rings. The summed E-state index contributed by atoms with van der Waals surface area (Å²) in [4.78, 5) is 18.1. The van der Waals surface area contributed by atoms with E-state index in [9.17, 15) is 4.79 Å². The fourth-order valence-electron chi connectivity index (χ4n) is 2.75. The van der Waals surface area contributed by atoms with Crippen molar-refractivity contribution in [1.29, 1.82) is 0 Å². The van der Waals surface area contributed by atoms with Crippen molar-refractivity contribution < 1.29 is 9.53 Å². The number of carbonyl (C=O) groups is 1. The molecule has 6 nitrogen and oxygen atoms in total. The number of rotatable bonds is 7. The van der Waals surface area contributed by atoms with Crippen LogP contribution in [-0.4, -0.2) is 56.7 Å². The van der Waals surface area contributed by atoms with E-state index in [1.165, 1.54) is 6.42 Å². The van der Waals surface area contributed by atoms with E-state index in [2.05, 4.69) is 22.5 Å². The molecular weight excluding hydrogens is 316 g/mol. The van der Waals surface area contributed by atoms with E-state index >= 15 is 0 Å². The Kier molecular flexibility index (Phi) is 7.73. The van der Waals surface area contributed by atoms with Gasteiger partial charge >= 0.3 is 0 Å². The van der Waals surface area contributed by atoms with Crippen LogP contribution >= 0.6 is 0 Å². The molecule has 2 N–H and O–H groups in total. The van der Waals surface area contributed by atoms with E-state index in [0.717, 1.165) is 44.1 Å². The van der Waals surface area contributed by atoms with Crippen LogP contribution in [0.1, 0.15) is 42.1 Å². The highest BCUT2D eigenvalue weighted by atomic mass is 16.5. The van der Waals surface area contributed by atoms with Crippen LogP contribution < -0.4 is 10.6 Å². The SMILES string of the molecule is CCNC(=NCc1ccc(C(=O)N(C)C)cc1)NCCC1CCCO1. The highest BCUT2D eigenvalue weighted by Gasteiger charge is 2.14. The summed E-state index contributed by atoms with van der Waals surface area (Å²) < 4.78 is 5.64. The van der Waals surface area contributed by atoms with Gasteiger partial charge in [0.15, 0.2) is 5.96 Å². The van der Waals surface area contributed by atoms with Crippen LogP contribution in [-0.2, 0) is 11.3 Å². The summed E-state index contributed by atoms with van der Waals surface area (Å²) in [5.41, 5.74) is 1.77. The Morgan fingerprint density at radius 3 is 2.64 bits per heavy atom. The third-order valence-corrected chi connectivity index (χ3v) is 4.15. The van der Waals surface area contributed by atoms with Crippen molar-refractivity contribution in [3.8, 4) is 0 Å². The van der Waals surface area contributed by atoms with Gasteiger partial charge in [-0.3, -0.25) is 4.79 Å². The maximum Gasteiger partial charge on any atom is 0.253 e. The molecule has 0 spiro atoms. The molecule has 0 aliphatic carbocycles. The van der Waals surface area contributed by atoms with Gasteiger partial charge < -0.3 is 20.3 Å². The lowest BCUT2D eigenvalue weighted by Crippen LogP contribution is -2.38. The first-order chi connectivity index (χ1) is 12.1. The second-order valence-electron chi connectivity index (χ2n) is 6.44. The number of aliphatic imine (C=N–C) groups is 1. The lowest BCUT2D eigenvalue weighted by Gasteiger charge is -2.14. The van der Waals surface area contributed by atoms with E-state index in [4.69, 9.17) is 4.74 Å². The molecule has 1 amide bonds. The number of ether oxygens (including phenoxy) is 1. The van der Waals surface area contributed by atoms with Gasteiger partial charge in [0, 0.05) is 39.4 Å². The van der Waals surface area contributed by atoms with Crippen molar-refractivity contribution in [2.75, 3.05) is 33.8 Å². The van der Waals surface area contributed by atoms with Gasteiger partial charge in [0.05, 0.1) is 12.6 Å². The molecule has 1 aromatic carbocycles.